The van der Waals surface area contributed by atoms with Crippen molar-refractivity contribution in [1.82, 2.24) is 4.57 Å². The summed E-state index contributed by atoms with van der Waals surface area (Å²) < 4.78 is 16.2. The molecular formula is C21H18Cl2FNO4. The zero-order valence-corrected chi connectivity index (χ0v) is 17.3. The molecular weight excluding hydrogens is 420 g/mol. The lowest BCUT2D eigenvalue weighted by atomic mass is 9.86. The summed E-state index contributed by atoms with van der Waals surface area (Å²) in [6.07, 6.45) is 0. The molecule has 0 aliphatic heterocycles. The van der Waals surface area contributed by atoms with E-state index in [0.717, 1.165) is 6.07 Å². The standard InChI is InChI=1S/C21H18Cl2FNO4/c1-9(2)16(21(28)29)17-10(3)25(14-6-7-15(26)19(24)18(14)17)20(27)11-4-5-12(22)13(23)8-11/h4-9,16,26H,1-3H3,(H,28,29). The number of benzene rings is 2. The van der Waals surface area contributed by atoms with Crippen LogP contribution in [-0.4, -0.2) is 26.7 Å². The SMILES string of the molecule is Cc1c(C(C(=O)O)C(C)C)c2c(F)c(O)ccc2n1C(=O)c1ccc(Cl)c(Cl)c1. The van der Waals surface area contributed by atoms with Crippen LogP contribution in [0.1, 0.15) is 41.4 Å². The normalized spacial score (nSPS) is 12.5. The quantitative estimate of drug-likeness (QED) is 0.555. The van der Waals surface area contributed by atoms with Crippen LogP contribution in [0.15, 0.2) is 30.3 Å². The molecule has 0 radical (unpaired) electrons. The predicted octanol–water partition coefficient (Wildman–Crippen LogP) is 5.61. The van der Waals surface area contributed by atoms with E-state index in [1.54, 1.807) is 20.8 Å². The summed E-state index contributed by atoms with van der Waals surface area (Å²) in [4.78, 5) is 25.2. The van der Waals surface area contributed by atoms with Crippen LogP contribution in [0.4, 0.5) is 4.39 Å². The Kier molecular flexibility index (Phi) is 5.61. The number of carboxylic acid groups (broad SMARTS) is 1. The first-order chi connectivity index (χ1) is 13.6. The van der Waals surface area contributed by atoms with Gasteiger partial charge in [-0.15, -0.1) is 0 Å². The second-order valence-corrected chi connectivity index (χ2v) is 7.94. The van der Waals surface area contributed by atoms with Gasteiger partial charge in [-0.05, 0) is 48.7 Å². The van der Waals surface area contributed by atoms with Crippen LogP contribution in [0.3, 0.4) is 0 Å². The van der Waals surface area contributed by atoms with Gasteiger partial charge in [0.25, 0.3) is 5.91 Å². The molecule has 152 valence electrons. The van der Waals surface area contributed by atoms with Crippen molar-refractivity contribution in [2.24, 2.45) is 5.92 Å². The highest BCUT2D eigenvalue weighted by molar-refractivity contribution is 6.42. The van der Waals surface area contributed by atoms with Crippen molar-refractivity contribution in [3.63, 3.8) is 0 Å². The number of phenols is 1. The minimum absolute atomic E-state index is 0.0861. The molecule has 5 nitrogen and oxygen atoms in total. The summed E-state index contributed by atoms with van der Waals surface area (Å²) in [7, 11) is 0. The molecule has 1 unspecified atom stereocenters. The Balaban J connectivity index is 2.38. The lowest BCUT2D eigenvalue weighted by molar-refractivity contribution is -0.139. The Morgan fingerprint density at radius 3 is 2.31 bits per heavy atom. The number of aliphatic carboxylic acids is 1. The number of aromatic nitrogens is 1. The molecule has 0 fully saturated rings. The highest BCUT2D eigenvalue weighted by atomic mass is 35.5. The van der Waals surface area contributed by atoms with E-state index < -0.39 is 29.4 Å². The molecule has 1 heterocycles. The number of rotatable bonds is 4. The highest BCUT2D eigenvalue weighted by Gasteiger charge is 2.33. The lowest BCUT2D eigenvalue weighted by Crippen LogP contribution is -2.20. The summed E-state index contributed by atoms with van der Waals surface area (Å²) in [6.45, 7) is 4.95. The number of carboxylic acids is 1. The Hall–Kier alpha value is -2.57. The third-order valence-corrected chi connectivity index (χ3v) is 5.69. The van der Waals surface area contributed by atoms with E-state index in [0.29, 0.717) is 0 Å². The second-order valence-electron chi connectivity index (χ2n) is 7.12. The van der Waals surface area contributed by atoms with Crippen molar-refractivity contribution < 1.29 is 24.2 Å². The molecule has 2 N–H and O–H groups in total. The first kappa shape index (κ1) is 21.1. The van der Waals surface area contributed by atoms with E-state index in [1.165, 1.54) is 28.8 Å². The van der Waals surface area contributed by atoms with E-state index in [1.807, 2.05) is 0 Å². The molecule has 0 amide bonds. The van der Waals surface area contributed by atoms with E-state index >= 15 is 0 Å². The maximum atomic E-state index is 14.9. The van der Waals surface area contributed by atoms with Crippen LogP contribution in [-0.2, 0) is 4.79 Å². The molecule has 1 atom stereocenters. The molecule has 3 aromatic rings. The maximum absolute atomic E-state index is 14.9. The number of hydrogen-bond donors (Lipinski definition) is 2. The average Bonchev–Trinajstić information content (AvgIpc) is 2.92. The molecule has 0 bridgehead atoms. The molecule has 0 saturated heterocycles. The van der Waals surface area contributed by atoms with Gasteiger partial charge in [-0.2, -0.15) is 0 Å². The van der Waals surface area contributed by atoms with E-state index in [4.69, 9.17) is 23.2 Å². The number of carbonyl (C=O) groups is 2. The van der Waals surface area contributed by atoms with Gasteiger partial charge >= 0.3 is 5.97 Å². The van der Waals surface area contributed by atoms with Gasteiger partial charge < -0.3 is 10.2 Å². The second kappa shape index (κ2) is 7.69. The van der Waals surface area contributed by atoms with Gasteiger partial charge in [0.15, 0.2) is 11.6 Å². The van der Waals surface area contributed by atoms with Gasteiger partial charge in [-0.25, -0.2) is 4.39 Å². The minimum Gasteiger partial charge on any atom is -0.505 e. The van der Waals surface area contributed by atoms with Gasteiger partial charge in [0.2, 0.25) is 0 Å². The van der Waals surface area contributed by atoms with Gasteiger partial charge in [0, 0.05) is 16.6 Å². The zero-order valence-electron chi connectivity index (χ0n) is 15.8. The fourth-order valence-corrected chi connectivity index (χ4v) is 3.92. The van der Waals surface area contributed by atoms with Crippen LogP contribution in [0.2, 0.25) is 10.0 Å². The Labute approximate surface area is 176 Å². The average molecular weight is 438 g/mol. The smallest absolute Gasteiger partial charge is 0.311 e. The van der Waals surface area contributed by atoms with Crippen molar-refractivity contribution in [3.8, 4) is 5.75 Å². The lowest BCUT2D eigenvalue weighted by Gasteiger charge is -2.17. The Morgan fingerprint density at radius 2 is 1.76 bits per heavy atom. The number of halogens is 3. The van der Waals surface area contributed by atoms with Crippen LogP contribution < -0.4 is 0 Å². The fraction of sp³-hybridized carbons (Fsp3) is 0.238. The molecule has 3 rings (SSSR count). The predicted molar refractivity (Wildman–Crippen MR) is 110 cm³/mol. The summed E-state index contributed by atoms with van der Waals surface area (Å²) in [5.41, 5.74) is 0.803. The van der Waals surface area contributed by atoms with Crippen LogP contribution in [0.5, 0.6) is 5.75 Å². The van der Waals surface area contributed by atoms with Crippen molar-refractivity contribution in [3.05, 3.63) is 63.0 Å². The highest BCUT2D eigenvalue weighted by Crippen LogP contribution is 2.40. The van der Waals surface area contributed by atoms with E-state index in [2.05, 4.69) is 0 Å². The van der Waals surface area contributed by atoms with Crippen molar-refractivity contribution in [1.29, 1.82) is 0 Å². The largest absolute Gasteiger partial charge is 0.505 e. The molecule has 1 aromatic heterocycles. The number of fused-ring (bicyclic) bond motifs is 1. The summed E-state index contributed by atoms with van der Waals surface area (Å²) >= 11 is 11.9. The Morgan fingerprint density at radius 1 is 1.10 bits per heavy atom. The molecule has 0 saturated carbocycles. The van der Waals surface area contributed by atoms with Crippen LogP contribution in [0.25, 0.3) is 10.9 Å². The topological polar surface area (TPSA) is 79.5 Å². The first-order valence-electron chi connectivity index (χ1n) is 8.81. The monoisotopic (exact) mass is 437 g/mol. The Bertz CT molecular complexity index is 1150. The summed E-state index contributed by atoms with van der Waals surface area (Å²) in [6, 6.07) is 6.86. The minimum atomic E-state index is -1.15. The zero-order chi connectivity index (χ0) is 21.6. The molecule has 29 heavy (non-hydrogen) atoms. The fourth-order valence-electron chi connectivity index (χ4n) is 3.62. The number of hydrogen-bond acceptors (Lipinski definition) is 3. The third-order valence-electron chi connectivity index (χ3n) is 4.95. The van der Waals surface area contributed by atoms with Crippen LogP contribution >= 0.6 is 23.2 Å². The third kappa shape index (κ3) is 3.47. The number of phenolic OH excluding ortho intramolecular Hbond substituents is 1. The van der Waals surface area contributed by atoms with Crippen molar-refractivity contribution in [2.75, 3.05) is 0 Å². The van der Waals surface area contributed by atoms with Gasteiger partial charge in [0.1, 0.15) is 0 Å². The molecule has 2 aromatic carbocycles. The molecule has 0 aliphatic carbocycles. The van der Waals surface area contributed by atoms with Crippen molar-refractivity contribution >= 4 is 46.0 Å². The molecule has 0 aliphatic rings. The maximum Gasteiger partial charge on any atom is 0.311 e. The van der Waals surface area contributed by atoms with E-state index in [9.17, 15) is 24.2 Å². The van der Waals surface area contributed by atoms with Crippen molar-refractivity contribution in [2.45, 2.75) is 26.7 Å². The number of aromatic hydroxyl groups is 1. The van der Waals surface area contributed by atoms with Gasteiger partial charge in [-0.1, -0.05) is 37.0 Å². The first-order valence-corrected chi connectivity index (χ1v) is 9.56. The van der Waals surface area contributed by atoms with Gasteiger partial charge in [0.05, 0.1) is 21.5 Å². The molecule has 8 heteroatoms. The molecule has 0 spiro atoms. The van der Waals surface area contributed by atoms with Crippen LogP contribution in [0, 0.1) is 18.7 Å². The van der Waals surface area contributed by atoms with E-state index in [-0.39, 0.29) is 43.7 Å². The summed E-state index contributed by atoms with van der Waals surface area (Å²) in [5.74, 6) is -4.70. The number of carbonyl (C=O) groups excluding carboxylic acids is 1. The van der Waals surface area contributed by atoms with Gasteiger partial charge in [-0.3, -0.25) is 14.2 Å². The summed E-state index contributed by atoms with van der Waals surface area (Å²) in [5, 5.41) is 20.0. The number of nitrogens with zero attached hydrogens (tertiary/aromatic N) is 1.